The normalized spacial score (nSPS) is 20.4. The van der Waals surface area contributed by atoms with Gasteiger partial charge in [0.15, 0.2) is 6.29 Å². The fourth-order valence-corrected chi connectivity index (χ4v) is 4.52. The molecule has 0 amide bonds. The van der Waals surface area contributed by atoms with Gasteiger partial charge in [0.05, 0.1) is 29.7 Å². The van der Waals surface area contributed by atoms with Gasteiger partial charge in [-0.3, -0.25) is 9.55 Å². The number of nitrogens with zero attached hydrogens (tertiary/aromatic N) is 1. The van der Waals surface area contributed by atoms with E-state index in [1.807, 2.05) is 6.07 Å². The van der Waals surface area contributed by atoms with E-state index >= 15 is 0 Å². The fraction of sp³-hybridized carbons (Fsp3) is 0.400. The van der Waals surface area contributed by atoms with E-state index in [2.05, 4.69) is 10.3 Å². The van der Waals surface area contributed by atoms with Crippen molar-refractivity contribution in [1.29, 1.82) is 0 Å². The highest BCUT2D eigenvalue weighted by molar-refractivity contribution is 7.62. The molecule has 1 fully saturated rings. The smallest absolute Gasteiger partial charge is 0.362 e. The van der Waals surface area contributed by atoms with Crippen LogP contribution in [0.1, 0.15) is 27.7 Å². The molecule has 2 heterocycles. The Bertz CT molecular complexity index is 1010. The Morgan fingerprint density at radius 2 is 2.00 bits per heavy atom. The average Bonchev–Trinajstić information content (AvgIpc) is 2.66. The van der Waals surface area contributed by atoms with E-state index in [1.54, 1.807) is 32.0 Å². The maximum atomic E-state index is 13.0. The first-order chi connectivity index (χ1) is 14.2. The van der Waals surface area contributed by atoms with Gasteiger partial charge in [0.1, 0.15) is 5.57 Å². The highest BCUT2D eigenvalue weighted by Gasteiger charge is 2.38. The third-order valence-electron chi connectivity index (χ3n) is 4.23. The van der Waals surface area contributed by atoms with Crippen molar-refractivity contribution in [2.24, 2.45) is 0 Å². The zero-order valence-corrected chi connectivity index (χ0v) is 18.1. The van der Waals surface area contributed by atoms with Gasteiger partial charge in [-0.2, -0.15) is 0 Å². The van der Waals surface area contributed by atoms with E-state index in [0.29, 0.717) is 21.9 Å². The third-order valence-corrected chi connectivity index (χ3v) is 6.30. The number of benzene rings is 1. The van der Waals surface area contributed by atoms with Crippen LogP contribution in [0, 0.1) is 0 Å². The number of fused-ring (bicyclic) bond motifs is 1. The molecule has 0 saturated carbocycles. The van der Waals surface area contributed by atoms with E-state index in [-0.39, 0.29) is 18.8 Å². The molecule has 2 N–H and O–H groups in total. The van der Waals surface area contributed by atoms with Gasteiger partial charge >= 0.3 is 13.6 Å². The molecule has 1 aromatic carbocycles. The molecular formula is C20H25N2O7P. The first kappa shape index (κ1) is 22.4. The quantitative estimate of drug-likeness (QED) is 0.384. The predicted molar refractivity (Wildman–Crippen MR) is 111 cm³/mol. The molecule has 10 heteroatoms. The number of rotatable bonds is 7. The van der Waals surface area contributed by atoms with Gasteiger partial charge in [0.25, 0.3) is 0 Å². The van der Waals surface area contributed by atoms with Crippen molar-refractivity contribution in [3.05, 3.63) is 42.2 Å². The van der Waals surface area contributed by atoms with Gasteiger partial charge in [-0.05, 0) is 26.0 Å². The molecular weight excluding hydrogens is 411 g/mol. The summed E-state index contributed by atoms with van der Waals surface area (Å²) in [4.78, 5) is 16.5. The topological polar surface area (TPSA) is 116 Å². The van der Waals surface area contributed by atoms with Crippen LogP contribution in [0.15, 0.2) is 42.2 Å². The number of hydrogen-bond donors (Lipinski definition) is 2. The van der Waals surface area contributed by atoms with Gasteiger partial charge in [0.2, 0.25) is 5.79 Å². The van der Waals surface area contributed by atoms with E-state index in [1.165, 1.54) is 26.2 Å². The van der Waals surface area contributed by atoms with Gasteiger partial charge < -0.3 is 28.9 Å². The first-order valence-corrected chi connectivity index (χ1v) is 11.1. The largest absolute Gasteiger partial charge is 0.430 e. The molecule has 0 radical (unpaired) electrons. The second-order valence-corrected chi connectivity index (χ2v) is 8.94. The molecule has 1 saturated heterocycles. The summed E-state index contributed by atoms with van der Waals surface area (Å²) in [6.07, 6.45) is 1.34. The van der Waals surface area contributed by atoms with Crippen molar-refractivity contribution in [2.45, 2.75) is 39.8 Å². The Hall–Kier alpha value is -2.29. The maximum absolute atomic E-state index is 13.0. The molecule has 0 spiro atoms. The van der Waals surface area contributed by atoms with E-state index in [4.69, 9.17) is 18.5 Å². The molecule has 30 heavy (non-hydrogen) atoms. The lowest BCUT2D eigenvalue weighted by atomic mass is 10.2. The number of aromatic nitrogens is 1. The number of aliphatic hydroxyl groups excluding tert-OH is 1. The standard InChI is InChI=1S/C20H25N2O7P/c1-5-26-30(25,27-6-2)14-10-13-8-7-9-16(17(13)22-11-14)21-12-15-18(23)28-20(3,4)29-19(15)24/h7-12,18,21,23H,5-6H2,1-4H3/b15-12-. The number of ether oxygens (including phenoxy) is 2. The summed E-state index contributed by atoms with van der Waals surface area (Å²) < 4.78 is 34.1. The minimum atomic E-state index is -3.46. The molecule has 162 valence electrons. The summed E-state index contributed by atoms with van der Waals surface area (Å²) >= 11 is 0. The Kier molecular flexibility index (Phi) is 6.59. The maximum Gasteiger partial charge on any atom is 0.362 e. The third kappa shape index (κ3) is 4.71. The predicted octanol–water partition coefficient (Wildman–Crippen LogP) is 3.05. The van der Waals surface area contributed by atoms with Crippen molar-refractivity contribution in [2.75, 3.05) is 18.5 Å². The van der Waals surface area contributed by atoms with Gasteiger partial charge in [-0.1, -0.05) is 12.1 Å². The zero-order chi connectivity index (χ0) is 21.9. The van der Waals surface area contributed by atoms with Gasteiger partial charge in [0, 0.05) is 31.6 Å². The molecule has 0 bridgehead atoms. The number of esters is 1. The van der Waals surface area contributed by atoms with E-state index < -0.39 is 25.6 Å². The Balaban J connectivity index is 1.91. The van der Waals surface area contributed by atoms with Crippen LogP contribution in [-0.4, -0.2) is 41.4 Å². The number of carbonyl (C=O) groups is 1. The molecule has 1 aliphatic heterocycles. The van der Waals surface area contributed by atoms with Crippen LogP contribution in [0.5, 0.6) is 0 Å². The molecule has 1 aromatic heterocycles. The number of pyridine rings is 1. The second-order valence-electron chi connectivity index (χ2n) is 6.91. The van der Waals surface area contributed by atoms with E-state index in [9.17, 15) is 14.5 Å². The van der Waals surface area contributed by atoms with Crippen LogP contribution in [0.2, 0.25) is 0 Å². The first-order valence-electron chi connectivity index (χ1n) is 9.53. The number of nitrogens with one attached hydrogen (secondary N) is 1. The minimum absolute atomic E-state index is 0.0693. The van der Waals surface area contributed by atoms with Gasteiger partial charge in [-0.15, -0.1) is 0 Å². The van der Waals surface area contributed by atoms with Crippen molar-refractivity contribution in [1.82, 2.24) is 4.98 Å². The Morgan fingerprint density at radius 3 is 2.63 bits per heavy atom. The Morgan fingerprint density at radius 1 is 1.30 bits per heavy atom. The molecule has 0 aliphatic carbocycles. The second kappa shape index (κ2) is 8.83. The van der Waals surface area contributed by atoms with Crippen LogP contribution >= 0.6 is 7.60 Å². The van der Waals surface area contributed by atoms with Crippen LogP contribution in [0.25, 0.3) is 10.9 Å². The Labute approximate surface area is 174 Å². The molecule has 1 aliphatic rings. The molecule has 1 atom stereocenters. The summed E-state index contributed by atoms with van der Waals surface area (Å²) in [5.74, 6) is -1.89. The zero-order valence-electron chi connectivity index (χ0n) is 17.2. The molecule has 2 aromatic rings. The van der Waals surface area contributed by atoms with Crippen LogP contribution in [0.4, 0.5) is 5.69 Å². The molecule has 1 unspecified atom stereocenters. The lowest BCUT2D eigenvalue weighted by Crippen LogP contribution is -2.44. The monoisotopic (exact) mass is 436 g/mol. The van der Waals surface area contributed by atoms with Gasteiger partial charge in [-0.25, -0.2) is 4.79 Å². The van der Waals surface area contributed by atoms with Crippen LogP contribution in [-0.2, 0) is 27.9 Å². The van der Waals surface area contributed by atoms with Crippen molar-refractivity contribution in [3.63, 3.8) is 0 Å². The van der Waals surface area contributed by atoms with Crippen LogP contribution in [0.3, 0.4) is 0 Å². The van der Waals surface area contributed by atoms with Crippen LogP contribution < -0.4 is 10.6 Å². The lowest BCUT2D eigenvalue weighted by molar-refractivity contribution is -0.279. The van der Waals surface area contributed by atoms with Crippen molar-refractivity contribution < 1.29 is 33.0 Å². The van der Waals surface area contributed by atoms with Crippen molar-refractivity contribution >= 4 is 35.5 Å². The summed E-state index contributed by atoms with van der Waals surface area (Å²) in [5.41, 5.74) is 1.07. The number of cyclic esters (lactones) is 1. The number of anilines is 1. The summed E-state index contributed by atoms with van der Waals surface area (Å²) in [5, 5.41) is 14.1. The minimum Gasteiger partial charge on any atom is -0.430 e. The molecule has 3 rings (SSSR count). The summed E-state index contributed by atoms with van der Waals surface area (Å²) in [7, 11) is -3.46. The molecule has 9 nitrogen and oxygen atoms in total. The number of para-hydroxylation sites is 1. The summed E-state index contributed by atoms with van der Waals surface area (Å²) in [6.45, 7) is 7.03. The highest BCUT2D eigenvalue weighted by atomic mass is 31.2. The fourth-order valence-electron chi connectivity index (χ4n) is 2.97. The lowest BCUT2D eigenvalue weighted by Gasteiger charge is -2.33. The highest BCUT2D eigenvalue weighted by Crippen LogP contribution is 2.47. The number of hydrogen-bond acceptors (Lipinski definition) is 9. The SMILES string of the molecule is CCOP(=O)(OCC)c1cnc2c(N/C=C3\C(=O)OC(C)(C)OC3O)cccc2c1. The van der Waals surface area contributed by atoms with Crippen molar-refractivity contribution in [3.8, 4) is 0 Å². The number of carbonyl (C=O) groups excluding carboxylic acids is 1. The summed E-state index contributed by atoms with van der Waals surface area (Å²) in [6, 6.07) is 7.03. The van der Waals surface area contributed by atoms with E-state index in [0.717, 1.165) is 0 Å². The average molecular weight is 436 g/mol. The number of aliphatic hydroxyl groups is 1.